The Balaban J connectivity index is 1.87. The molecule has 5 heteroatoms. The van der Waals surface area contributed by atoms with Crippen molar-refractivity contribution in [3.63, 3.8) is 0 Å². The Kier molecular flexibility index (Phi) is 3.93. The molecule has 1 aliphatic rings. The van der Waals surface area contributed by atoms with Crippen LogP contribution >= 0.6 is 0 Å². The first-order valence-corrected chi connectivity index (χ1v) is 6.24. The van der Waals surface area contributed by atoms with E-state index in [2.05, 4.69) is 29.3 Å². The highest BCUT2D eigenvalue weighted by Gasteiger charge is 2.32. The van der Waals surface area contributed by atoms with Crippen LogP contribution in [-0.2, 0) is 6.54 Å². The van der Waals surface area contributed by atoms with E-state index in [1.165, 1.54) is 6.42 Å². The van der Waals surface area contributed by atoms with Gasteiger partial charge in [-0.05, 0) is 37.4 Å². The molecule has 0 saturated heterocycles. The summed E-state index contributed by atoms with van der Waals surface area (Å²) in [5, 5.41) is 0. The van der Waals surface area contributed by atoms with E-state index in [9.17, 15) is 4.79 Å². The Hall–Kier alpha value is -1.46. The Morgan fingerprint density at radius 3 is 2.83 bits per heavy atom. The van der Waals surface area contributed by atoms with Crippen molar-refractivity contribution in [3.05, 3.63) is 29.6 Å². The van der Waals surface area contributed by atoms with Crippen molar-refractivity contribution in [3.8, 4) is 0 Å². The number of hydrogen-bond acceptors (Lipinski definition) is 4. The maximum Gasteiger partial charge on any atom is 0.266 e. The first-order chi connectivity index (χ1) is 8.60. The summed E-state index contributed by atoms with van der Waals surface area (Å²) in [6, 6.07) is 3.62. The molecule has 0 radical (unpaired) electrons. The Bertz CT molecular complexity index is 418. The molecular formula is C13H20N4O. The molecule has 1 aliphatic carbocycles. The van der Waals surface area contributed by atoms with Crippen molar-refractivity contribution in [2.24, 2.45) is 17.7 Å². The molecule has 0 bridgehead atoms. The average Bonchev–Trinajstić information content (AvgIpc) is 3.04. The van der Waals surface area contributed by atoms with Crippen LogP contribution in [0, 0.1) is 11.8 Å². The first-order valence-electron chi connectivity index (χ1n) is 6.24. The maximum absolute atomic E-state index is 11.3. The second-order valence-corrected chi connectivity index (χ2v) is 5.18. The summed E-state index contributed by atoms with van der Waals surface area (Å²) >= 11 is 0. The van der Waals surface area contributed by atoms with E-state index < -0.39 is 0 Å². The zero-order valence-corrected chi connectivity index (χ0v) is 10.9. The summed E-state index contributed by atoms with van der Waals surface area (Å²) < 4.78 is 0. The molecule has 1 aromatic heterocycles. The normalized spacial score (nSPS) is 22.0. The third-order valence-electron chi connectivity index (χ3n) is 3.47. The summed E-state index contributed by atoms with van der Waals surface area (Å²) in [7, 11) is 2.10. The van der Waals surface area contributed by atoms with Gasteiger partial charge in [-0.2, -0.15) is 0 Å². The zero-order chi connectivity index (χ0) is 13.1. The van der Waals surface area contributed by atoms with E-state index in [4.69, 9.17) is 5.84 Å². The van der Waals surface area contributed by atoms with Gasteiger partial charge in [0.25, 0.3) is 5.91 Å². The fourth-order valence-electron chi connectivity index (χ4n) is 2.13. The van der Waals surface area contributed by atoms with Gasteiger partial charge in [-0.15, -0.1) is 0 Å². The van der Waals surface area contributed by atoms with Crippen LogP contribution < -0.4 is 11.3 Å². The molecule has 0 spiro atoms. The van der Waals surface area contributed by atoms with Crippen LogP contribution in [-0.4, -0.2) is 29.4 Å². The molecule has 18 heavy (non-hydrogen) atoms. The van der Waals surface area contributed by atoms with Crippen molar-refractivity contribution in [1.82, 2.24) is 15.3 Å². The molecule has 1 amide bonds. The quantitative estimate of drug-likeness (QED) is 0.459. The molecule has 2 atom stereocenters. The molecule has 0 aromatic carbocycles. The first kappa shape index (κ1) is 13.0. The number of nitrogens with one attached hydrogen (secondary N) is 1. The van der Waals surface area contributed by atoms with Gasteiger partial charge in [0.1, 0.15) is 0 Å². The average molecular weight is 248 g/mol. The van der Waals surface area contributed by atoms with E-state index >= 15 is 0 Å². The molecule has 0 aliphatic heterocycles. The second kappa shape index (κ2) is 5.46. The largest absolute Gasteiger partial charge is 0.300 e. The summed E-state index contributed by atoms with van der Waals surface area (Å²) in [4.78, 5) is 17.8. The number of carbonyl (C=O) groups is 1. The summed E-state index contributed by atoms with van der Waals surface area (Å²) in [5.41, 5.74) is 3.55. The number of aromatic nitrogens is 1. The van der Waals surface area contributed by atoms with Gasteiger partial charge in [-0.1, -0.05) is 6.92 Å². The van der Waals surface area contributed by atoms with Crippen LogP contribution in [0.25, 0.3) is 0 Å². The molecule has 3 N–H and O–H groups in total. The lowest BCUT2D eigenvalue weighted by molar-refractivity contribution is 0.0953. The number of nitrogens with zero attached hydrogens (tertiary/aromatic N) is 2. The maximum atomic E-state index is 11.3. The second-order valence-electron chi connectivity index (χ2n) is 5.18. The monoisotopic (exact) mass is 248 g/mol. The van der Waals surface area contributed by atoms with E-state index in [1.54, 1.807) is 12.3 Å². The number of rotatable bonds is 5. The molecular weight excluding hydrogens is 228 g/mol. The molecule has 1 aromatic rings. The smallest absolute Gasteiger partial charge is 0.266 e. The number of hydrazine groups is 1. The zero-order valence-electron chi connectivity index (χ0n) is 10.9. The van der Waals surface area contributed by atoms with E-state index in [0.717, 1.165) is 30.6 Å². The highest BCUT2D eigenvalue weighted by atomic mass is 16.2. The number of nitrogens with two attached hydrogens (primary N) is 1. The Morgan fingerprint density at radius 1 is 1.61 bits per heavy atom. The number of carbonyl (C=O) groups excluding carboxylic acids is 1. The van der Waals surface area contributed by atoms with Crippen molar-refractivity contribution < 1.29 is 4.79 Å². The number of amides is 1. The SMILES string of the molecule is CC1CC1CN(C)Cc1ccc(C(=O)NN)cn1. The predicted molar refractivity (Wildman–Crippen MR) is 69.5 cm³/mol. The molecule has 1 fully saturated rings. The van der Waals surface area contributed by atoms with Crippen LogP contribution in [0.3, 0.4) is 0 Å². The molecule has 1 heterocycles. The van der Waals surface area contributed by atoms with Gasteiger partial charge in [0, 0.05) is 19.3 Å². The lowest BCUT2D eigenvalue weighted by atomic mass is 10.2. The summed E-state index contributed by atoms with van der Waals surface area (Å²) in [6.07, 6.45) is 2.90. The van der Waals surface area contributed by atoms with Gasteiger partial charge in [0.15, 0.2) is 0 Å². The van der Waals surface area contributed by atoms with Crippen molar-refractivity contribution >= 4 is 5.91 Å². The van der Waals surface area contributed by atoms with Crippen LogP contribution in [0.2, 0.25) is 0 Å². The van der Waals surface area contributed by atoms with Gasteiger partial charge in [0.05, 0.1) is 11.3 Å². The molecule has 1 saturated carbocycles. The minimum absolute atomic E-state index is 0.311. The van der Waals surface area contributed by atoms with Gasteiger partial charge in [0.2, 0.25) is 0 Å². The minimum atomic E-state index is -0.311. The Labute approximate surface area is 107 Å². The van der Waals surface area contributed by atoms with Crippen LogP contribution in [0.15, 0.2) is 18.3 Å². The fourth-order valence-corrected chi connectivity index (χ4v) is 2.13. The highest BCUT2D eigenvalue weighted by molar-refractivity contribution is 5.93. The Morgan fingerprint density at radius 2 is 2.33 bits per heavy atom. The van der Waals surface area contributed by atoms with Crippen LogP contribution in [0.5, 0.6) is 0 Å². The van der Waals surface area contributed by atoms with Gasteiger partial charge >= 0.3 is 0 Å². The van der Waals surface area contributed by atoms with E-state index in [1.807, 2.05) is 6.07 Å². The van der Waals surface area contributed by atoms with Gasteiger partial charge in [-0.25, -0.2) is 5.84 Å². The van der Waals surface area contributed by atoms with Gasteiger partial charge < -0.3 is 4.90 Å². The molecule has 98 valence electrons. The number of pyridine rings is 1. The van der Waals surface area contributed by atoms with E-state index in [0.29, 0.717) is 5.56 Å². The lowest BCUT2D eigenvalue weighted by Gasteiger charge is -2.15. The molecule has 2 unspecified atom stereocenters. The fraction of sp³-hybridized carbons (Fsp3) is 0.538. The number of hydrogen-bond donors (Lipinski definition) is 2. The standard InChI is InChI=1S/C13H20N4O/c1-9-5-11(9)7-17(2)8-12-4-3-10(6-15-12)13(18)16-14/h3-4,6,9,11H,5,7-8,14H2,1-2H3,(H,16,18). The molecule has 2 rings (SSSR count). The third-order valence-corrected chi connectivity index (χ3v) is 3.47. The lowest BCUT2D eigenvalue weighted by Crippen LogP contribution is -2.30. The minimum Gasteiger partial charge on any atom is -0.300 e. The molecule has 5 nitrogen and oxygen atoms in total. The van der Waals surface area contributed by atoms with Gasteiger partial charge in [-0.3, -0.25) is 15.2 Å². The van der Waals surface area contributed by atoms with Crippen LogP contribution in [0.4, 0.5) is 0 Å². The van der Waals surface area contributed by atoms with E-state index in [-0.39, 0.29) is 5.91 Å². The van der Waals surface area contributed by atoms with Crippen molar-refractivity contribution in [2.45, 2.75) is 19.9 Å². The summed E-state index contributed by atoms with van der Waals surface area (Å²) in [5.74, 6) is 6.47. The third kappa shape index (κ3) is 3.27. The highest BCUT2D eigenvalue weighted by Crippen LogP contribution is 2.38. The van der Waals surface area contributed by atoms with Crippen molar-refractivity contribution in [1.29, 1.82) is 0 Å². The number of nitrogen functional groups attached to an aromatic ring is 1. The van der Waals surface area contributed by atoms with Crippen LogP contribution in [0.1, 0.15) is 29.4 Å². The van der Waals surface area contributed by atoms with Crippen molar-refractivity contribution in [2.75, 3.05) is 13.6 Å². The predicted octanol–water partition coefficient (Wildman–Crippen LogP) is 0.773. The topological polar surface area (TPSA) is 71.2 Å². The summed E-state index contributed by atoms with van der Waals surface area (Å²) in [6.45, 7) is 4.22.